The number of benzene rings is 3. The van der Waals surface area contributed by atoms with Crippen LogP contribution in [0.1, 0.15) is 31.8 Å². The van der Waals surface area contributed by atoms with E-state index in [2.05, 4.69) is 20.7 Å². The van der Waals surface area contributed by atoms with Gasteiger partial charge in [0.05, 0.1) is 11.3 Å². The number of carbonyl (C=O) groups is 2. The van der Waals surface area contributed by atoms with Gasteiger partial charge in [-0.3, -0.25) is 9.59 Å². The van der Waals surface area contributed by atoms with Crippen molar-refractivity contribution in [2.45, 2.75) is 37.0 Å². The van der Waals surface area contributed by atoms with E-state index in [9.17, 15) is 57.9 Å². The minimum atomic E-state index is -7.14. The van der Waals surface area contributed by atoms with Gasteiger partial charge in [0.1, 0.15) is 11.6 Å². The fourth-order valence-corrected chi connectivity index (χ4v) is 4.63. The number of hydrogen-bond acceptors (Lipinski definition) is 3. The number of carbonyl (C=O) groups excluding carboxylic acids is 2. The predicted molar refractivity (Wildman–Crippen MR) is 134 cm³/mol. The van der Waals surface area contributed by atoms with Gasteiger partial charge in [0, 0.05) is 34.6 Å². The van der Waals surface area contributed by atoms with Gasteiger partial charge in [-0.1, -0.05) is 22.0 Å². The molecule has 3 aromatic rings. The monoisotopic (exact) mass is 727 g/mol. The van der Waals surface area contributed by atoms with Crippen molar-refractivity contribution in [1.29, 1.82) is 0 Å². The lowest BCUT2D eigenvalue weighted by atomic mass is 9.86. The highest BCUT2D eigenvalue weighted by Gasteiger charge is 2.81. The van der Waals surface area contributed by atoms with E-state index in [-0.39, 0.29) is 11.6 Å². The van der Waals surface area contributed by atoms with Crippen LogP contribution in [0, 0.1) is 11.6 Å². The van der Waals surface area contributed by atoms with E-state index in [1.807, 2.05) is 0 Å². The average Bonchev–Trinajstić information content (AvgIpc) is 2.92. The maximum atomic E-state index is 15.4. The molecule has 0 spiro atoms. The van der Waals surface area contributed by atoms with Crippen molar-refractivity contribution in [3.63, 3.8) is 0 Å². The quantitative estimate of drug-likeness (QED) is 0.163. The molecule has 3 aromatic carbocycles. The Bertz CT molecular complexity index is 1590. The van der Waals surface area contributed by atoms with Crippen LogP contribution < -0.4 is 9.64 Å². The first-order chi connectivity index (χ1) is 20.5. The van der Waals surface area contributed by atoms with Crippen LogP contribution in [0.15, 0.2) is 59.1 Å². The van der Waals surface area contributed by atoms with Gasteiger partial charge in [-0.15, -0.1) is 0 Å². The highest BCUT2D eigenvalue weighted by molar-refractivity contribution is 9.10. The topological polar surface area (TPSA) is 46.6 Å². The summed E-state index contributed by atoms with van der Waals surface area (Å²) in [5.74, 6) is -13.0. The molecule has 0 aromatic heterocycles. The molecule has 0 fully saturated rings. The maximum absolute atomic E-state index is 15.4. The summed E-state index contributed by atoms with van der Waals surface area (Å²) >= 11 is 2.46. The van der Waals surface area contributed by atoms with Crippen molar-refractivity contribution >= 4 is 33.3 Å². The Labute approximate surface area is 252 Å². The summed E-state index contributed by atoms with van der Waals surface area (Å²) in [5.41, 5.74) is -11.4. The zero-order valence-corrected chi connectivity index (χ0v) is 23.5. The SMILES string of the molecule is CN(C(=O)c1ccc(F)cc1)c1cccc(C(=O)Cc2c(Br)cc(C(F)(C(F)(F)F)C(F)(F)C(F)(F)F)cc2OC(F)F)c1F. The summed E-state index contributed by atoms with van der Waals surface area (Å²) in [6.07, 6.45) is -15.3. The fraction of sp³-hybridized carbons (Fsp3) is 0.259. The summed E-state index contributed by atoms with van der Waals surface area (Å²) in [7, 11) is 1.07. The number of alkyl halides is 11. The van der Waals surface area contributed by atoms with E-state index in [4.69, 9.17) is 0 Å². The average molecular weight is 728 g/mol. The Kier molecular flexibility index (Phi) is 9.92. The van der Waals surface area contributed by atoms with Crippen molar-refractivity contribution in [1.82, 2.24) is 0 Å². The first-order valence-electron chi connectivity index (χ1n) is 11.9. The summed E-state index contributed by atoms with van der Waals surface area (Å²) in [4.78, 5) is 26.5. The molecule has 0 aliphatic carbocycles. The molecule has 0 saturated heterocycles. The molecular formula is C27H15BrF13NO3. The number of rotatable bonds is 9. The van der Waals surface area contributed by atoms with Gasteiger partial charge in [-0.25, -0.2) is 13.2 Å². The van der Waals surface area contributed by atoms with E-state index in [1.165, 1.54) is 0 Å². The second-order valence-corrected chi connectivity index (χ2v) is 10.0. The van der Waals surface area contributed by atoms with Gasteiger partial charge in [0.15, 0.2) is 11.6 Å². The molecule has 0 aliphatic rings. The lowest BCUT2D eigenvalue weighted by Crippen LogP contribution is -2.59. The summed E-state index contributed by atoms with van der Waals surface area (Å²) in [6.45, 7) is -3.98. The molecule has 45 heavy (non-hydrogen) atoms. The number of halogens is 14. The number of hydrogen-bond donors (Lipinski definition) is 0. The van der Waals surface area contributed by atoms with Crippen molar-refractivity contribution in [2.75, 3.05) is 11.9 Å². The first-order valence-corrected chi connectivity index (χ1v) is 12.7. The van der Waals surface area contributed by atoms with E-state index in [0.717, 1.165) is 49.5 Å². The van der Waals surface area contributed by atoms with Crippen LogP contribution in [-0.2, 0) is 12.1 Å². The number of Topliss-reactive ketones (excluding diaryl/α,β-unsaturated/α-hetero) is 1. The Morgan fingerprint density at radius 1 is 0.867 bits per heavy atom. The molecular weight excluding hydrogens is 713 g/mol. The van der Waals surface area contributed by atoms with Crippen LogP contribution in [0.4, 0.5) is 62.8 Å². The molecule has 244 valence electrons. The fourth-order valence-electron chi connectivity index (χ4n) is 4.05. The Morgan fingerprint density at radius 2 is 1.44 bits per heavy atom. The van der Waals surface area contributed by atoms with Gasteiger partial charge < -0.3 is 9.64 Å². The van der Waals surface area contributed by atoms with Crippen LogP contribution in [0.5, 0.6) is 5.75 Å². The largest absolute Gasteiger partial charge is 0.457 e. The third kappa shape index (κ3) is 6.74. The van der Waals surface area contributed by atoms with E-state index in [1.54, 1.807) is 0 Å². The van der Waals surface area contributed by atoms with Crippen LogP contribution in [-0.4, -0.2) is 43.6 Å². The highest BCUT2D eigenvalue weighted by atomic mass is 79.9. The van der Waals surface area contributed by atoms with E-state index < -0.39 is 99.0 Å². The maximum Gasteiger partial charge on any atom is 0.457 e. The predicted octanol–water partition coefficient (Wildman–Crippen LogP) is 8.96. The number of nitrogens with zero attached hydrogens (tertiary/aromatic N) is 1. The molecule has 0 bridgehead atoms. The summed E-state index contributed by atoms with van der Waals surface area (Å²) in [5, 5.41) is 0. The zero-order chi connectivity index (χ0) is 34.3. The van der Waals surface area contributed by atoms with E-state index >= 15 is 8.78 Å². The molecule has 0 heterocycles. The normalized spacial score (nSPS) is 13.9. The van der Waals surface area contributed by atoms with Gasteiger partial charge in [-0.05, 0) is 48.5 Å². The minimum Gasteiger partial charge on any atom is -0.434 e. The second-order valence-electron chi connectivity index (χ2n) is 9.15. The lowest BCUT2D eigenvalue weighted by molar-refractivity contribution is -0.389. The second kappa shape index (κ2) is 12.5. The molecule has 18 heteroatoms. The molecule has 0 aliphatic heterocycles. The third-order valence-electron chi connectivity index (χ3n) is 6.32. The Morgan fingerprint density at radius 3 is 1.96 bits per heavy atom. The van der Waals surface area contributed by atoms with Gasteiger partial charge in [0.2, 0.25) is 0 Å². The summed E-state index contributed by atoms with van der Waals surface area (Å²) < 4.78 is 180. The number of ketones is 1. The Hall–Kier alpha value is -3.83. The van der Waals surface area contributed by atoms with Crippen LogP contribution in [0.25, 0.3) is 0 Å². The van der Waals surface area contributed by atoms with Crippen molar-refractivity contribution < 1.29 is 71.4 Å². The lowest BCUT2D eigenvalue weighted by Gasteiger charge is -2.36. The van der Waals surface area contributed by atoms with Gasteiger partial charge in [-0.2, -0.15) is 43.9 Å². The summed E-state index contributed by atoms with van der Waals surface area (Å²) in [6, 6.07) is 6.21. The molecule has 0 radical (unpaired) electrons. The highest BCUT2D eigenvalue weighted by Crippen LogP contribution is 2.59. The van der Waals surface area contributed by atoms with Gasteiger partial charge in [0.25, 0.3) is 5.91 Å². The standard InChI is InChI=1S/C27H15BrF13NO3/c1-42(22(44)12-5-7-14(29)8-6-12)18-4-2-3-15(21(18)30)19(43)11-16-17(28)9-13(10-20(16)45-23(31)32)24(33,26(36,37)38)25(34,35)27(39,40)41/h2-10,23H,11H2,1H3. The zero-order valence-electron chi connectivity index (χ0n) is 21.9. The van der Waals surface area contributed by atoms with E-state index in [0.29, 0.717) is 4.90 Å². The molecule has 1 atom stereocenters. The molecule has 1 unspecified atom stereocenters. The van der Waals surface area contributed by atoms with Crippen molar-refractivity contribution in [3.8, 4) is 5.75 Å². The molecule has 4 nitrogen and oxygen atoms in total. The molecule has 0 saturated carbocycles. The van der Waals surface area contributed by atoms with Gasteiger partial charge >= 0.3 is 30.6 Å². The third-order valence-corrected chi connectivity index (χ3v) is 7.03. The van der Waals surface area contributed by atoms with Crippen LogP contribution in [0.3, 0.4) is 0 Å². The van der Waals surface area contributed by atoms with Crippen molar-refractivity contribution in [2.24, 2.45) is 0 Å². The van der Waals surface area contributed by atoms with Crippen molar-refractivity contribution in [3.05, 3.63) is 93.0 Å². The number of ether oxygens (including phenoxy) is 1. The first kappa shape index (κ1) is 35.6. The number of anilines is 1. The molecule has 0 N–H and O–H groups in total. The minimum absolute atomic E-state index is 0.105. The Balaban J connectivity index is 2.09. The van der Waals surface area contributed by atoms with Crippen LogP contribution in [0.2, 0.25) is 0 Å². The molecule has 3 rings (SSSR count). The smallest absolute Gasteiger partial charge is 0.434 e. The van der Waals surface area contributed by atoms with Crippen LogP contribution >= 0.6 is 15.9 Å². The molecule has 1 amide bonds. The number of amides is 1.